The first-order chi connectivity index (χ1) is 28.2. The largest absolute Gasteiger partial charge is 0.490 e. The Kier molecular flexibility index (Phi) is 13.1. The fraction of sp³-hybridized carbons (Fsp3) is 0.659. The summed E-state index contributed by atoms with van der Waals surface area (Å²) >= 11 is 1.61. The second-order valence-corrected chi connectivity index (χ2v) is 19.2. The van der Waals surface area contributed by atoms with E-state index in [1.54, 1.807) is 16.2 Å². The van der Waals surface area contributed by atoms with Crippen molar-refractivity contribution in [2.24, 2.45) is 4.99 Å². The maximum absolute atomic E-state index is 12.9. The first kappa shape index (κ1) is 40.8. The Morgan fingerprint density at radius 1 is 1.00 bits per heavy atom. The van der Waals surface area contributed by atoms with E-state index in [-0.39, 0.29) is 36.0 Å². The van der Waals surface area contributed by atoms with E-state index in [1.165, 1.54) is 38.5 Å². The molecule has 15 nitrogen and oxygen atoms in total. The minimum absolute atomic E-state index is 0.0303. The van der Waals surface area contributed by atoms with Gasteiger partial charge >= 0.3 is 0 Å². The molecule has 1 aliphatic carbocycles. The number of nitrogens with zero attached hydrogens (tertiary/aromatic N) is 6. The molecule has 3 amide bonds. The third-order valence-electron chi connectivity index (χ3n) is 12.4. The van der Waals surface area contributed by atoms with E-state index in [0.29, 0.717) is 30.9 Å². The van der Waals surface area contributed by atoms with Crippen LogP contribution in [0.2, 0.25) is 0 Å². The van der Waals surface area contributed by atoms with Crippen LogP contribution < -0.4 is 26.2 Å². The van der Waals surface area contributed by atoms with Crippen LogP contribution in [0, 0.1) is 0 Å². The molecule has 8 rings (SSSR count). The Balaban J connectivity index is 0.645. The SMILES string of the molecule is CC1(Nc2nc(N3CCN(C4N=CC(OCCCCCCCCCCNCc5scc6c5CN(C5CCC(=O)NC5=O)C6=O)=CN4)CC3)nc3c2[S@](=O)CC3)CCC1. The lowest BCUT2D eigenvalue weighted by Crippen LogP contribution is -2.54. The van der Waals surface area contributed by atoms with E-state index in [4.69, 9.17) is 19.7 Å². The number of imide groups is 1. The molecule has 0 bridgehead atoms. The van der Waals surface area contributed by atoms with Gasteiger partial charge in [-0.3, -0.25) is 28.8 Å². The fourth-order valence-corrected chi connectivity index (χ4v) is 11.0. The molecule has 0 radical (unpaired) electrons. The van der Waals surface area contributed by atoms with E-state index < -0.39 is 16.8 Å². The summed E-state index contributed by atoms with van der Waals surface area (Å²) < 4.78 is 18.8. The zero-order valence-corrected chi connectivity index (χ0v) is 35.3. The first-order valence-electron chi connectivity index (χ1n) is 21.4. The monoisotopic (exact) mass is 834 g/mol. The molecule has 7 heterocycles. The highest BCUT2D eigenvalue weighted by Crippen LogP contribution is 2.38. The normalized spacial score (nSPS) is 23.9. The van der Waals surface area contributed by atoms with Crippen LogP contribution in [-0.4, -0.2) is 111 Å². The van der Waals surface area contributed by atoms with Crippen LogP contribution in [0.4, 0.5) is 11.8 Å². The number of ether oxygens (including phenoxy) is 1. The van der Waals surface area contributed by atoms with Gasteiger partial charge in [-0.25, -0.2) is 9.98 Å². The van der Waals surface area contributed by atoms with Crippen molar-refractivity contribution in [2.45, 2.75) is 133 Å². The number of aromatic nitrogens is 2. The highest BCUT2D eigenvalue weighted by Gasteiger charge is 2.41. The van der Waals surface area contributed by atoms with E-state index in [0.717, 1.165) is 116 Å². The third kappa shape index (κ3) is 9.42. The van der Waals surface area contributed by atoms with Gasteiger partial charge in [-0.1, -0.05) is 38.5 Å². The number of hydrogen-bond donors (Lipinski definition) is 4. The number of piperazine rings is 1. The molecular weight excluding hydrogens is 777 g/mol. The second-order valence-electron chi connectivity index (χ2n) is 16.7. The van der Waals surface area contributed by atoms with Gasteiger partial charge in [0, 0.05) is 79.9 Å². The maximum atomic E-state index is 12.9. The molecule has 58 heavy (non-hydrogen) atoms. The summed E-state index contributed by atoms with van der Waals surface area (Å²) in [7, 11) is -1.03. The molecule has 6 aliphatic rings. The molecule has 3 fully saturated rings. The smallest absolute Gasteiger partial charge is 0.256 e. The Hall–Kier alpha value is -3.93. The lowest BCUT2D eigenvalue weighted by Gasteiger charge is -2.40. The lowest BCUT2D eigenvalue weighted by molar-refractivity contribution is -0.136. The highest BCUT2D eigenvalue weighted by molar-refractivity contribution is 7.85. The predicted octanol–water partition coefficient (Wildman–Crippen LogP) is 4.17. The number of allylic oxidation sites excluding steroid dienone is 1. The summed E-state index contributed by atoms with van der Waals surface area (Å²) in [6.45, 7) is 8.30. The number of amides is 3. The molecule has 3 atom stereocenters. The molecule has 314 valence electrons. The van der Waals surface area contributed by atoms with Gasteiger partial charge in [0.2, 0.25) is 17.8 Å². The van der Waals surface area contributed by atoms with Gasteiger partial charge < -0.3 is 30.5 Å². The zero-order chi connectivity index (χ0) is 40.1. The predicted molar refractivity (Wildman–Crippen MR) is 225 cm³/mol. The molecule has 0 spiro atoms. The van der Waals surface area contributed by atoms with Gasteiger partial charge in [0.05, 0.1) is 34.9 Å². The molecule has 1 saturated carbocycles. The maximum Gasteiger partial charge on any atom is 0.256 e. The Bertz CT molecular complexity index is 1920. The van der Waals surface area contributed by atoms with Crippen molar-refractivity contribution in [2.75, 3.05) is 55.3 Å². The molecule has 17 heteroatoms. The fourth-order valence-electron chi connectivity index (χ4n) is 8.71. The number of rotatable bonds is 19. The number of unbranched alkanes of at least 4 members (excludes halogenated alkanes) is 7. The van der Waals surface area contributed by atoms with Crippen molar-refractivity contribution < 1.29 is 23.3 Å². The number of carbonyl (C=O) groups excluding carboxylic acids is 3. The van der Waals surface area contributed by atoms with Crippen LogP contribution in [0.15, 0.2) is 27.2 Å². The number of hydrogen-bond acceptors (Lipinski definition) is 14. The van der Waals surface area contributed by atoms with Gasteiger partial charge in [-0.15, -0.1) is 11.3 Å². The number of carbonyl (C=O) groups is 3. The van der Waals surface area contributed by atoms with Crippen molar-refractivity contribution in [3.05, 3.63) is 39.0 Å². The molecular formula is C41H58N10O5S2. The van der Waals surface area contributed by atoms with Crippen LogP contribution in [-0.2, 0) is 44.6 Å². The summed E-state index contributed by atoms with van der Waals surface area (Å²) in [6, 6.07) is -0.565. The molecule has 4 N–H and O–H groups in total. The molecule has 2 aromatic heterocycles. The van der Waals surface area contributed by atoms with E-state index in [1.807, 2.05) is 17.8 Å². The number of thiophene rings is 1. The average molecular weight is 835 g/mol. The Morgan fingerprint density at radius 3 is 2.50 bits per heavy atom. The zero-order valence-electron chi connectivity index (χ0n) is 33.7. The highest BCUT2D eigenvalue weighted by atomic mass is 32.2. The van der Waals surface area contributed by atoms with Crippen molar-refractivity contribution in [1.29, 1.82) is 0 Å². The summed E-state index contributed by atoms with van der Waals surface area (Å²) in [5.41, 5.74) is 2.69. The van der Waals surface area contributed by atoms with Gasteiger partial charge in [0.1, 0.15) is 16.8 Å². The number of nitrogens with one attached hydrogen (secondary N) is 4. The standard InChI is InChI=1S/C41H58N10O5S2/c1-41(14-10-15-41)48-36-35-31(13-22-58(35)55)45-40(47-36)50-19-17-49(18-20-50)39-43-23-28(24-44-39)56-21-9-7-5-3-2-4-6-8-16-42-25-33-29-26-51(38(54)30(29)27-57-33)32-11-12-34(52)46-37(32)53/h23-24,27,32,39,42-43H,2-22,25-26H2,1H3,(H,45,47,48)(H,46,52,53)/t32?,39?,58-/m1/s1. The van der Waals surface area contributed by atoms with E-state index in [9.17, 15) is 18.6 Å². The van der Waals surface area contributed by atoms with Crippen LogP contribution in [0.3, 0.4) is 0 Å². The van der Waals surface area contributed by atoms with Gasteiger partial charge in [-0.05, 0) is 57.6 Å². The molecule has 2 unspecified atom stereocenters. The third-order valence-corrected chi connectivity index (χ3v) is 14.9. The van der Waals surface area contributed by atoms with Gasteiger partial charge in [0.15, 0.2) is 12.0 Å². The number of aliphatic imine (C=N–C) groups is 1. The van der Waals surface area contributed by atoms with Crippen LogP contribution in [0.25, 0.3) is 0 Å². The Labute approximate surface area is 347 Å². The van der Waals surface area contributed by atoms with Crippen LogP contribution in [0.5, 0.6) is 0 Å². The van der Waals surface area contributed by atoms with E-state index in [2.05, 4.69) is 38.0 Å². The van der Waals surface area contributed by atoms with Crippen molar-refractivity contribution in [1.82, 2.24) is 35.7 Å². The van der Waals surface area contributed by atoms with Crippen LogP contribution in [0.1, 0.15) is 117 Å². The summed E-state index contributed by atoms with van der Waals surface area (Å²) in [6.07, 6.45) is 17.9. The van der Waals surface area contributed by atoms with Crippen molar-refractivity contribution in [3.8, 4) is 0 Å². The number of piperidine rings is 1. The minimum atomic E-state index is -1.03. The summed E-state index contributed by atoms with van der Waals surface area (Å²) in [5, 5.41) is 14.9. The number of anilines is 2. The van der Waals surface area contributed by atoms with Crippen molar-refractivity contribution in [3.63, 3.8) is 0 Å². The molecule has 2 aromatic rings. The summed E-state index contributed by atoms with van der Waals surface area (Å²) in [4.78, 5) is 59.5. The number of fused-ring (bicyclic) bond motifs is 2. The summed E-state index contributed by atoms with van der Waals surface area (Å²) in [5.74, 6) is 2.18. The molecule has 0 aromatic carbocycles. The van der Waals surface area contributed by atoms with Gasteiger partial charge in [-0.2, -0.15) is 4.98 Å². The lowest BCUT2D eigenvalue weighted by atomic mass is 9.78. The first-order valence-corrected chi connectivity index (χ1v) is 23.6. The molecule has 5 aliphatic heterocycles. The van der Waals surface area contributed by atoms with Crippen LogP contribution >= 0.6 is 11.3 Å². The number of aryl methyl sites for hydroxylation is 1. The second kappa shape index (κ2) is 18.6. The Morgan fingerprint density at radius 2 is 1.78 bits per heavy atom. The van der Waals surface area contributed by atoms with Gasteiger partial charge in [0.25, 0.3) is 5.91 Å². The quantitative estimate of drug-likeness (QED) is 0.118. The topological polar surface area (TPSA) is 173 Å². The van der Waals surface area contributed by atoms with E-state index >= 15 is 0 Å². The van der Waals surface area contributed by atoms with Crippen molar-refractivity contribution >= 4 is 57.8 Å². The molecule has 2 saturated heterocycles. The average Bonchev–Trinajstić information content (AvgIpc) is 3.90. The minimum Gasteiger partial charge on any atom is -0.490 e.